The van der Waals surface area contributed by atoms with E-state index in [1.165, 1.54) is 45.7 Å². The highest BCUT2D eigenvalue weighted by molar-refractivity contribution is 7.10. The maximum absolute atomic E-state index is 13.0. The van der Waals surface area contributed by atoms with Crippen molar-refractivity contribution in [2.24, 2.45) is 5.41 Å². The summed E-state index contributed by atoms with van der Waals surface area (Å²) in [6, 6.07) is 20.0. The Morgan fingerprint density at radius 2 is 1.49 bits per heavy atom. The minimum Gasteiger partial charge on any atom is -0.351 e. The van der Waals surface area contributed by atoms with Crippen LogP contribution in [0, 0.1) is 5.41 Å². The number of carbonyl (C=O) groups excluding carboxylic acids is 1. The largest absolute Gasteiger partial charge is 0.351 e. The van der Waals surface area contributed by atoms with E-state index in [-0.39, 0.29) is 11.3 Å². The molecule has 3 aromatic rings. The van der Waals surface area contributed by atoms with Crippen LogP contribution in [0.25, 0.3) is 11.3 Å². The molecule has 3 aliphatic rings. The van der Waals surface area contributed by atoms with Crippen LogP contribution in [0.4, 0.5) is 0 Å². The van der Waals surface area contributed by atoms with Crippen molar-refractivity contribution in [3.05, 3.63) is 76.6 Å². The molecule has 4 heterocycles. The van der Waals surface area contributed by atoms with Crippen molar-refractivity contribution in [3.8, 4) is 11.3 Å². The normalized spacial score (nSPS) is 20.8. The SMILES string of the molecule is CCCN1CC2(C1)CN(CCN1CCC(CNC(=O)c3ccccc3)(c3nc(-c4ccccc4)cs3)CC1)C2. The third kappa shape index (κ3) is 5.82. The fourth-order valence-corrected chi connectivity index (χ4v) is 7.88. The zero-order valence-corrected chi connectivity index (χ0v) is 24.0. The van der Waals surface area contributed by atoms with Crippen molar-refractivity contribution in [2.75, 3.05) is 65.4 Å². The van der Waals surface area contributed by atoms with Crippen molar-refractivity contribution >= 4 is 17.2 Å². The van der Waals surface area contributed by atoms with E-state index >= 15 is 0 Å². The lowest BCUT2D eigenvalue weighted by atomic mass is 9.73. The molecule has 6 rings (SSSR count). The quantitative estimate of drug-likeness (QED) is 0.405. The summed E-state index contributed by atoms with van der Waals surface area (Å²) in [4.78, 5) is 26.0. The first-order chi connectivity index (χ1) is 19.1. The van der Waals surface area contributed by atoms with Crippen LogP contribution in [0.15, 0.2) is 66.0 Å². The first-order valence-electron chi connectivity index (χ1n) is 14.6. The van der Waals surface area contributed by atoms with E-state index in [1.54, 1.807) is 11.3 Å². The molecule has 0 aliphatic carbocycles. The van der Waals surface area contributed by atoms with Crippen LogP contribution in [0.3, 0.4) is 0 Å². The van der Waals surface area contributed by atoms with Crippen molar-refractivity contribution in [3.63, 3.8) is 0 Å². The number of aromatic nitrogens is 1. The third-order valence-corrected chi connectivity index (χ3v) is 10.1. The van der Waals surface area contributed by atoms with E-state index in [9.17, 15) is 4.79 Å². The Morgan fingerprint density at radius 1 is 0.872 bits per heavy atom. The molecule has 3 aliphatic heterocycles. The summed E-state index contributed by atoms with van der Waals surface area (Å²) < 4.78 is 0. The van der Waals surface area contributed by atoms with Gasteiger partial charge in [0.05, 0.1) is 5.69 Å². The van der Waals surface area contributed by atoms with Crippen molar-refractivity contribution < 1.29 is 4.79 Å². The molecule has 7 heteroatoms. The van der Waals surface area contributed by atoms with Gasteiger partial charge in [-0.05, 0) is 51.0 Å². The topological polar surface area (TPSA) is 51.7 Å². The zero-order valence-electron chi connectivity index (χ0n) is 23.1. The van der Waals surface area contributed by atoms with Gasteiger partial charge < -0.3 is 20.0 Å². The van der Waals surface area contributed by atoms with E-state index in [2.05, 4.69) is 56.6 Å². The van der Waals surface area contributed by atoms with E-state index in [4.69, 9.17) is 4.98 Å². The minimum atomic E-state index is -0.131. The van der Waals surface area contributed by atoms with Crippen molar-refractivity contribution in [2.45, 2.75) is 31.6 Å². The summed E-state index contributed by atoms with van der Waals surface area (Å²) in [5.41, 5.74) is 3.37. The maximum atomic E-state index is 13.0. The Bertz CT molecular complexity index is 1220. The Hall–Kier alpha value is -2.58. The number of piperidine rings is 1. The number of rotatable bonds is 10. The average Bonchev–Trinajstić information content (AvgIpc) is 3.45. The number of benzene rings is 2. The molecular weight excluding hydrogens is 502 g/mol. The molecule has 3 fully saturated rings. The lowest BCUT2D eigenvalue weighted by Crippen LogP contribution is -2.72. The standard InChI is InChI=1S/C32H41N5OS/c1-2-15-36-22-31(23-36)24-37(25-31)19-18-35-16-13-32(14-17-35,21-33-29(38)27-11-7-4-8-12-27)30-34-28(20-39-30)26-9-5-3-6-10-26/h3-12,20H,2,13-19,21-25H2,1H3,(H,33,38). The molecule has 0 saturated carbocycles. The third-order valence-electron chi connectivity index (χ3n) is 8.97. The lowest BCUT2D eigenvalue weighted by Gasteiger charge is -2.61. The van der Waals surface area contributed by atoms with Crippen molar-refractivity contribution in [1.82, 2.24) is 25.0 Å². The zero-order chi connectivity index (χ0) is 26.7. The Balaban J connectivity index is 1.07. The highest BCUT2D eigenvalue weighted by Crippen LogP contribution is 2.40. The molecule has 3 saturated heterocycles. The van der Waals surface area contributed by atoms with E-state index in [1.807, 2.05) is 36.4 Å². The predicted molar refractivity (Wildman–Crippen MR) is 159 cm³/mol. The highest BCUT2D eigenvalue weighted by Gasteiger charge is 2.50. The van der Waals surface area contributed by atoms with Gasteiger partial charge in [0.1, 0.15) is 5.01 Å². The fourth-order valence-electron chi connectivity index (χ4n) is 6.79. The summed E-state index contributed by atoms with van der Waals surface area (Å²) in [6.45, 7) is 13.7. The number of amides is 1. The molecule has 0 radical (unpaired) electrons. The summed E-state index contributed by atoms with van der Waals surface area (Å²) in [5.74, 6) is -0.00236. The second kappa shape index (κ2) is 11.5. The summed E-state index contributed by atoms with van der Waals surface area (Å²) in [5, 5.41) is 6.61. The minimum absolute atomic E-state index is 0.00236. The number of hydrogen-bond donors (Lipinski definition) is 1. The Labute approximate surface area is 237 Å². The van der Waals surface area contributed by atoms with Gasteiger partial charge >= 0.3 is 0 Å². The molecular formula is C32H41N5OS. The molecule has 2 aromatic carbocycles. The number of nitrogens with one attached hydrogen (secondary N) is 1. The van der Waals surface area contributed by atoms with Gasteiger partial charge in [-0.1, -0.05) is 55.5 Å². The molecule has 1 amide bonds. The molecule has 1 aromatic heterocycles. The monoisotopic (exact) mass is 543 g/mol. The van der Waals surface area contributed by atoms with Gasteiger partial charge in [-0.2, -0.15) is 0 Å². The molecule has 0 unspecified atom stereocenters. The number of nitrogens with zero attached hydrogens (tertiary/aromatic N) is 4. The van der Waals surface area contributed by atoms with Crippen LogP contribution in [0.5, 0.6) is 0 Å². The molecule has 0 atom stereocenters. The molecule has 206 valence electrons. The van der Waals surface area contributed by atoms with Crippen LogP contribution in [0.2, 0.25) is 0 Å². The van der Waals surface area contributed by atoms with Crippen molar-refractivity contribution in [1.29, 1.82) is 0 Å². The van der Waals surface area contributed by atoms with E-state index in [0.29, 0.717) is 17.5 Å². The lowest BCUT2D eigenvalue weighted by molar-refractivity contribution is -0.115. The Morgan fingerprint density at radius 3 is 2.15 bits per heavy atom. The van der Waals surface area contributed by atoms with Gasteiger partial charge in [0, 0.05) is 73.2 Å². The van der Waals surface area contributed by atoms with Gasteiger partial charge in [0.25, 0.3) is 5.91 Å². The number of likely N-dealkylation sites (tertiary alicyclic amines) is 3. The second-order valence-corrected chi connectivity index (χ2v) is 12.9. The number of hydrogen-bond acceptors (Lipinski definition) is 6. The van der Waals surface area contributed by atoms with Crippen LogP contribution in [-0.2, 0) is 5.41 Å². The molecule has 1 N–H and O–H groups in total. The van der Waals surface area contributed by atoms with Gasteiger partial charge in [-0.3, -0.25) is 4.79 Å². The highest BCUT2D eigenvalue weighted by atomic mass is 32.1. The fraction of sp³-hybridized carbons (Fsp3) is 0.500. The number of carbonyl (C=O) groups is 1. The van der Waals surface area contributed by atoms with Gasteiger partial charge in [-0.25, -0.2) is 4.98 Å². The molecule has 0 bridgehead atoms. The van der Waals surface area contributed by atoms with Crippen LogP contribution >= 0.6 is 11.3 Å². The van der Waals surface area contributed by atoms with Gasteiger partial charge in [0.2, 0.25) is 0 Å². The van der Waals surface area contributed by atoms with E-state index in [0.717, 1.165) is 48.7 Å². The summed E-state index contributed by atoms with van der Waals surface area (Å²) >= 11 is 1.75. The van der Waals surface area contributed by atoms with Crippen LogP contribution < -0.4 is 5.32 Å². The van der Waals surface area contributed by atoms with Crippen LogP contribution in [0.1, 0.15) is 41.6 Å². The van der Waals surface area contributed by atoms with E-state index < -0.39 is 0 Å². The molecule has 39 heavy (non-hydrogen) atoms. The van der Waals surface area contributed by atoms with Gasteiger partial charge in [0.15, 0.2) is 0 Å². The average molecular weight is 544 g/mol. The summed E-state index contributed by atoms with van der Waals surface area (Å²) in [7, 11) is 0. The smallest absolute Gasteiger partial charge is 0.251 e. The maximum Gasteiger partial charge on any atom is 0.251 e. The first-order valence-corrected chi connectivity index (χ1v) is 15.5. The summed E-state index contributed by atoms with van der Waals surface area (Å²) in [6.07, 6.45) is 3.29. The Kier molecular flexibility index (Phi) is 7.85. The first kappa shape index (κ1) is 26.6. The predicted octanol–water partition coefficient (Wildman–Crippen LogP) is 4.60. The molecule has 1 spiro atoms. The molecule has 6 nitrogen and oxygen atoms in total. The number of thiazole rings is 1. The second-order valence-electron chi connectivity index (χ2n) is 12.0. The van der Waals surface area contributed by atoms with Gasteiger partial charge in [-0.15, -0.1) is 11.3 Å². The van der Waals surface area contributed by atoms with Crippen LogP contribution in [-0.4, -0.2) is 91.0 Å².